The predicted octanol–water partition coefficient (Wildman–Crippen LogP) is 2.90. The molecule has 5 nitrogen and oxygen atoms in total. The molecule has 0 bridgehead atoms. The summed E-state index contributed by atoms with van der Waals surface area (Å²) in [4.78, 5) is 8.94. The van der Waals surface area contributed by atoms with E-state index >= 15 is 0 Å². The first kappa shape index (κ1) is 13.1. The number of hydrogen-bond donors (Lipinski definition) is 1. The highest BCUT2D eigenvalue weighted by molar-refractivity contribution is 7.13. The minimum Gasteiger partial charge on any atom is -0.329 e. The molecule has 0 atom stereocenters. The van der Waals surface area contributed by atoms with Crippen LogP contribution in [-0.4, -0.2) is 24.7 Å². The Labute approximate surface area is 121 Å². The van der Waals surface area contributed by atoms with Crippen molar-refractivity contribution in [1.29, 1.82) is 0 Å². The average Bonchev–Trinajstić information content (AvgIpc) is 3.10. The van der Waals surface area contributed by atoms with E-state index in [1.807, 2.05) is 26.2 Å². The maximum absolute atomic E-state index is 4.51. The highest BCUT2D eigenvalue weighted by Crippen LogP contribution is 2.22. The smallest absolute Gasteiger partial charge is 0.169 e. The Bertz CT molecular complexity index is 702. The summed E-state index contributed by atoms with van der Waals surface area (Å²) in [5.74, 6) is 0.946. The van der Waals surface area contributed by atoms with Crippen molar-refractivity contribution >= 4 is 11.3 Å². The number of nitrogens with one attached hydrogen (secondary N) is 1. The standard InChI is InChI=1S/C14H17N5S/c1-9-8-20-14(16-9)13-15-5-7-19(13)6-4-12-10(2)17-18-11(12)3/h5,7-8H,4,6H2,1-3H3,(H,17,18). The second kappa shape index (κ2) is 5.20. The number of aromatic amines is 1. The van der Waals surface area contributed by atoms with E-state index in [9.17, 15) is 0 Å². The summed E-state index contributed by atoms with van der Waals surface area (Å²) < 4.78 is 2.16. The molecule has 0 radical (unpaired) electrons. The van der Waals surface area contributed by atoms with Crippen LogP contribution in [0.25, 0.3) is 10.8 Å². The zero-order valence-corrected chi connectivity index (χ0v) is 12.7. The maximum Gasteiger partial charge on any atom is 0.169 e. The lowest BCUT2D eigenvalue weighted by molar-refractivity contribution is 0.698. The lowest BCUT2D eigenvalue weighted by atomic mass is 10.1. The Kier molecular flexibility index (Phi) is 3.40. The van der Waals surface area contributed by atoms with E-state index < -0.39 is 0 Å². The number of aromatic nitrogens is 5. The van der Waals surface area contributed by atoms with Gasteiger partial charge in [0, 0.05) is 35.7 Å². The molecule has 6 heteroatoms. The highest BCUT2D eigenvalue weighted by atomic mass is 32.1. The van der Waals surface area contributed by atoms with E-state index in [2.05, 4.69) is 37.0 Å². The molecular weight excluding hydrogens is 270 g/mol. The first-order valence-electron chi connectivity index (χ1n) is 6.59. The van der Waals surface area contributed by atoms with Gasteiger partial charge < -0.3 is 4.57 Å². The molecule has 0 saturated heterocycles. The third-order valence-electron chi connectivity index (χ3n) is 3.41. The molecule has 0 saturated carbocycles. The van der Waals surface area contributed by atoms with Crippen molar-refractivity contribution < 1.29 is 0 Å². The van der Waals surface area contributed by atoms with Crippen molar-refractivity contribution in [3.05, 3.63) is 40.4 Å². The predicted molar refractivity (Wildman–Crippen MR) is 79.8 cm³/mol. The first-order chi connectivity index (χ1) is 9.65. The van der Waals surface area contributed by atoms with Crippen LogP contribution in [-0.2, 0) is 13.0 Å². The molecule has 3 aromatic rings. The van der Waals surface area contributed by atoms with Crippen LogP contribution in [0.4, 0.5) is 0 Å². The minimum atomic E-state index is 0.884. The fourth-order valence-electron chi connectivity index (χ4n) is 2.32. The van der Waals surface area contributed by atoms with Gasteiger partial charge in [-0.25, -0.2) is 9.97 Å². The van der Waals surface area contributed by atoms with Crippen LogP contribution in [0, 0.1) is 20.8 Å². The van der Waals surface area contributed by atoms with Crippen molar-refractivity contribution in [2.24, 2.45) is 0 Å². The molecule has 3 heterocycles. The molecule has 0 aliphatic carbocycles. The summed E-state index contributed by atoms with van der Waals surface area (Å²) >= 11 is 1.64. The molecule has 0 aliphatic heterocycles. The van der Waals surface area contributed by atoms with Crippen LogP contribution in [0.3, 0.4) is 0 Å². The van der Waals surface area contributed by atoms with Crippen LogP contribution in [0.1, 0.15) is 22.6 Å². The number of aryl methyl sites for hydroxylation is 4. The van der Waals surface area contributed by atoms with Crippen molar-refractivity contribution in [3.8, 4) is 10.8 Å². The zero-order chi connectivity index (χ0) is 14.1. The van der Waals surface area contributed by atoms with E-state index in [1.54, 1.807) is 11.3 Å². The van der Waals surface area contributed by atoms with Crippen molar-refractivity contribution in [2.45, 2.75) is 33.7 Å². The normalized spacial score (nSPS) is 11.2. The Balaban J connectivity index is 1.81. The summed E-state index contributed by atoms with van der Waals surface area (Å²) in [5, 5.41) is 10.3. The Hall–Kier alpha value is -1.95. The average molecular weight is 287 g/mol. The van der Waals surface area contributed by atoms with E-state index in [-0.39, 0.29) is 0 Å². The fraction of sp³-hybridized carbons (Fsp3) is 0.357. The van der Waals surface area contributed by atoms with Gasteiger partial charge in [0.25, 0.3) is 0 Å². The fourth-order valence-corrected chi connectivity index (χ4v) is 3.13. The van der Waals surface area contributed by atoms with Gasteiger partial charge in [-0.05, 0) is 32.8 Å². The number of imidazole rings is 1. The summed E-state index contributed by atoms with van der Waals surface area (Å²) in [6, 6.07) is 0. The highest BCUT2D eigenvalue weighted by Gasteiger charge is 2.11. The van der Waals surface area contributed by atoms with Crippen LogP contribution in [0.5, 0.6) is 0 Å². The molecule has 20 heavy (non-hydrogen) atoms. The van der Waals surface area contributed by atoms with E-state index in [4.69, 9.17) is 0 Å². The van der Waals surface area contributed by atoms with Crippen molar-refractivity contribution in [3.63, 3.8) is 0 Å². The Morgan fingerprint density at radius 3 is 2.80 bits per heavy atom. The largest absolute Gasteiger partial charge is 0.329 e. The molecule has 0 amide bonds. The lowest BCUT2D eigenvalue weighted by Crippen LogP contribution is -2.03. The van der Waals surface area contributed by atoms with Gasteiger partial charge in [0.1, 0.15) is 0 Å². The summed E-state index contributed by atoms with van der Waals surface area (Å²) in [6.45, 7) is 6.99. The monoisotopic (exact) mass is 287 g/mol. The molecular formula is C14H17N5S. The second-order valence-corrected chi connectivity index (χ2v) is 5.76. The second-order valence-electron chi connectivity index (χ2n) is 4.90. The molecule has 0 unspecified atom stereocenters. The SMILES string of the molecule is Cc1csc(-c2nccn2CCc2c(C)n[nH]c2C)n1. The van der Waals surface area contributed by atoms with E-state index in [1.165, 1.54) is 5.56 Å². The van der Waals surface area contributed by atoms with Gasteiger partial charge in [0.15, 0.2) is 10.8 Å². The first-order valence-corrected chi connectivity index (χ1v) is 7.47. The Morgan fingerprint density at radius 1 is 1.30 bits per heavy atom. The van der Waals surface area contributed by atoms with Crippen LogP contribution < -0.4 is 0 Å². The minimum absolute atomic E-state index is 0.884. The van der Waals surface area contributed by atoms with E-state index in [0.29, 0.717) is 0 Å². The van der Waals surface area contributed by atoms with Crippen molar-refractivity contribution in [1.82, 2.24) is 24.7 Å². The maximum atomic E-state index is 4.51. The third kappa shape index (κ3) is 2.38. The zero-order valence-electron chi connectivity index (χ0n) is 11.8. The molecule has 0 spiro atoms. The van der Waals surface area contributed by atoms with Crippen molar-refractivity contribution in [2.75, 3.05) is 0 Å². The third-order valence-corrected chi connectivity index (χ3v) is 4.37. The van der Waals surface area contributed by atoms with Gasteiger partial charge in [-0.2, -0.15) is 5.10 Å². The van der Waals surface area contributed by atoms with Gasteiger partial charge in [-0.15, -0.1) is 11.3 Å². The number of rotatable bonds is 4. The quantitative estimate of drug-likeness (QED) is 0.802. The molecule has 0 fully saturated rings. The Morgan fingerprint density at radius 2 is 2.15 bits per heavy atom. The molecule has 0 aromatic carbocycles. The van der Waals surface area contributed by atoms with Crippen LogP contribution in [0.15, 0.2) is 17.8 Å². The van der Waals surface area contributed by atoms with Gasteiger partial charge in [-0.3, -0.25) is 5.10 Å². The number of hydrogen-bond acceptors (Lipinski definition) is 4. The summed E-state index contributed by atoms with van der Waals surface area (Å²) in [6.07, 6.45) is 4.79. The summed E-state index contributed by atoms with van der Waals surface area (Å²) in [5.41, 5.74) is 4.56. The van der Waals surface area contributed by atoms with E-state index in [0.717, 1.165) is 40.9 Å². The molecule has 3 aromatic heterocycles. The lowest BCUT2D eigenvalue weighted by Gasteiger charge is -2.06. The van der Waals surface area contributed by atoms with Crippen LogP contribution in [0.2, 0.25) is 0 Å². The van der Waals surface area contributed by atoms with Gasteiger partial charge in [0.05, 0.1) is 5.69 Å². The number of H-pyrrole nitrogens is 1. The molecule has 1 N–H and O–H groups in total. The van der Waals surface area contributed by atoms with Crippen LogP contribution >= 0.6 is 11.3 Å². The number of thiazole rings is 1. The number of nitrogens with zero attached hydrogens (tertiary/aromatic N) is 4. The van der Waals surface area contributed by atoms with Gasteiger partial charge in [-0.1, -0.05) is 0 Å². The molecule has 104 valence electrons. The molecule has 0 aliphatic rings. The topological polar surface area (TPSA) is 59.4 Å². The molecule has 3 rings (SSSR count). The van der Waals surface area contributed by atoms with Gasteiger partial charge >= 0.3 is 0 Å². The van der Waals surface area contributed by atoms with Gasteiger partial charge in [0.2, 0.25) is 0 Å². The summed E-state index contributed by atoms with van der Waals surface area (Å²) in [7, 11) is 0.